The molecule has 0 aromatic heterocycles. The van der Waals surface area contributed by atoms with Gasteiger partial charge in [-0.25, -0.2) is 0 Å². The third-order valence-electron chi connectivity index (χ3n) is 3.89. The van der Waals surface area contributed by atoms with Crippen LogP contribution in [0.2, 0.25) is 0 Å². The SMILES string of the molecule is Cc1ccc(S(=O)(=O)O[C@H]2CCCC[C@@H]2N(C)C)cc1. The van der Waals surface area contributed by atoms with Gasteiger partial charge in [0.25, 0.3) is 10.1 Å². The molecule has 0 saturated heterocycles. The zero-order valence-electron chi connectivity index (χ0n) is 12.4. The quantitative estimate of drug-likeness (QED) is 0.801. The molecule has 4 nitrogen and oxygen atoms in total. The molecule has 2 atom stereocenters. The molecule has 1 aromatic rings. The second kappa shape index (κ2) is 6.24. The number of nitrogens with zero attached hydrogens (tertiary/aromatic N) is 1. The third kappa shape index (κ3) is 3.59. The van der Waals surface area contributed by atoms with Crippen LogP contribution in [0.1, 0.15) is 31.2 Å². The number of rotatable bonds is 4. The predicted molar refractivity (Wildman–Crippen MR) is 79.2 cm³/mol. The van der Waals surface area contributed by atoms with E-state index in [9.17, 15) is 8.42 Å². The van der Waals surface area contributed by atoms with Gasteiger partial charge < -0.3 is 4.90 Å². The summed E-state index contributed by atoms with van der Waals surface area (Å²) >= 11 is 0. The number of aryl methyl sites for hydroxylation is 1. The van der Waals surface area contributed by atoms with Crippen LogP contribution in [-0.4, -0.2) is 39.6 Å². The molecule has 0 aliphatic heterocycles. The van der Waals surface area contributed by atoms with Crippen molar-refractivity contribution in [2.75, 3.05) is 14.1 Å². The van der Waals surface area contributed by atoms with Crippen LogP contribution in [0.4, 0.5) is 0 Å². The maximum atomic E-state index is 12.3. The first-order valence-electron chi connectivity index (χ1n) is 7.06. The summed E-state index contributed by atoms with van der Waals surface area (Å²) in [5.41, 5.74) is 1.03. The molecule has 0 N–H and O–H groups in total. The lowest BCUT2D eigenvalue weighted by Crippen LogP contribution is -2.43. The number of hydrogen-bond donors (Lipinski definition) is 0. The second-order valence-corrected chi connectivity index (χ2v) is 7.29. The van der Waals surface area contributed by atoms with Crippen LogP contribution in [0.15, 0.2) is 29.2 Å². The Balaban J connectivity index is 2.16. The van der Waals surface area contributed by atoms with E-state index in [-0.39, 0.29) is 17.0 Å². The van der Waals surface area contributed by atoms with Gasteiger partial charge in [0.2, 0.25) is 0 Å². The van der Waals surface area contributed by atoms with Crippen LogP contribution in [-0.2, 0) is 14.3 Å². The Kier molecular flexibility index (Phi) is 4.83. The molecule has 0 bridgehead atoms. The molecular formula is C15H23NO3S. The van der Waals surface area contributed by atoms with E-state index in [1.165, 1.54) is 0 Å². The van der Waals surface area contributed by atoms with E-state index < -0.39 is 10.1 Å². The summed E-state index contributed by atoms with van der Waals surface area (Å²) in [6.07, 6.45) is 3.70. The summed E-state index contributed by atoms with van der Waals surface area (Å²) in [5.74, 6) is 0. The smallest absolute Gasteiger partial charge is 0.297 e. The van der Waals surface area contributed by atoms with Gasteiger partial charge in [0.05, 0.1) is 11.0 Å². The molecule has 0 spiro atoms. The summed E-state index contributed by atoms with van der Waals surface area (Å²) in [6.45, 7) is 1.93. The van der Waals surface area contributed by atoms with Crippen molar-refractivity contribution in [3.8, 4) is 0 Å². The first kappa shape index (κ1) is 15.5. The highest BCUT2D eigenvalue weighted by molar-refractivity contribution is 7.86. The van der Waals surface area contributed by atoms with Gasteiger partial charge in [0.1, 0.15) is 0 Å². The van der Waals surface area contributed by atoms with Crippen LogP contribution in [0.25, 0.3) is 0 Å². The van der Waals surface area contributed by atoms with Gasteiger partial charge in [-0.2, -0.15) is 8.42 Å². The molecule has 5 heteroatoms. The molecule has 1 aromatic carbocycles. The van der Waals surface area contributed by atoms with Gasteiger partial charge in [0, 0.05) is 6.04 Å². The molecule has 1 saturated carbocycles. The van der Waals surface area contributed by atoms with Crippen molar-refractivity contribution in [1.82, 2.24) is 4.90 Å². The highest BCUT2D eigenvalue weighted by Gasteiger charge is 2.32. The molecule has 0 amide bonds. The zero-order valence-corrected chi connectivity index (χ0v) is 13.2. The zero-order chi connectivity index (χ0) is 14.8. The van der Waals surface area contributed by atoms with E-state index in [4.69, 9.17) is 4.18 Å². The van der Waals surface area contributed by atoms with Crippen molar-refractivity contribution in [1.29, 1.82) is 0 Å². The minimum Gasteiger partial charge on any atom is -0.304 e. The highest BCUT2D eigenvalue weighted by atomic mass is 32.2. The predicted octanol–water partition coefficient (Wildman–Crippen LogP) is 2.57. The van der Waals surface area contributed by atoms with Gasteiger partial charge in [-0.05, 0) is 46.0 Å². The van der Waals surface area contributed by atoms with Gasteiger partial charge in [-0.15, -0.1) is 0 Å². The summed E-state index contributed by atoms with van der Waals surface area (Å²) in [4.78, 5) is 2.31. The van der Waals surface area contributed by atoms with E-state index in [2.05, 4.69) is 4.90 Å². The Hall–Kier alpha value is -0.910. The molecule has 1 aliphatic rings. The van der Waals surface area contributed by atoms with Gasteiger partial charge in [-0.3, -0.25) is 4.18 Å². The minimum absolute atomic E-state index is 0.170. The molecule has 20 heavy (non-hydrogen) atoms. The first-order chi connectivity index (χ1) is 9.40. The molecule has 112 valence electrons. The monoisotopic (exact) mass is 297 g/mol. The molecule has 0 heterocycles. The second-order valence-electron chi connectivity index (χ2n) is 5.72. The first-order valence-corrected chi connectivity index (χ1v) is 8.47. The van der Waals surface area contributed by atoms with Crippen molar-refractivity contribution in [3.05, 3.63) is 29.8 Å². The van der Waals surface area contributed by atoms with E-state index in [0.29, 0.717) is 0 Å². The van der Waals surface area contributed by atoms with Crippen molar-refractivity contribution in [2.24, 2.45) is 0 Å². The van der Waals surface area contributed by atoms with Crippen LogP contribution in [0, 0.1) is 6.92 Å². The van der Waals surface area contributed by atoms with Gasteiger partial charge in [-0.1, -0.05) is 30.5 Å². The summed E-state index contributed by atoms with van der Waals surface area (Å²) in [7, 11) is 0.284. The van der Waals surface area contributed by atoms with E-state index in [1.807, 2.05) is 21.0 Å². The van der Waals surface area contributed by atoms with E-state index in [1.54, 1.807) is 24.3 Å². The minimum atomic E-state index is -3.67. The topological polar surface area (TPSA) is 46.6 Å². The molecule has 0 unspecified atom stereocenters. The molecule has 1 aliphatic carbocycles. The summed E-state index contributed by atoms with van der Waals surface area (Å²) < 4.78 is 30.2. The standard InChI is InChI=1S/C15H23NO3S/c1-12-8-10-13(11-9-12)20(17,18)19-15-7-5-4-6-14(15)16(2)3/h8-11,14-15H,4-7H2,1-3H3/t14-,15-/m0/s1. The van der Waals surface area contributed by atoms with Gasteiger partial charge >= 0.3 is 0 Å². The fourth-order valence-electron chi connectivity index (χ4n) is 2.70. The van der Waals surface area contributed by atoms with Crippen molar-refractivity contribution >= 4 is 10.1 Å². The van der Waals surface area contributed by atoms with E-state index in [0.717, 1.165) is 31.2 Å². The lowest BCUT2D eigenvalue weighted by molar-refractivity contribution is 0.0672. The molecule has 2 rings (SSSR count). The Labute approximate surface area is 121 Å². The van der Waals surface area contributed by atoms with Crippen LogP contribution in [0.3, 0.4) is 0 Å². The normalized spacial score (nSPS) is 24.0. The summed E-state index contributed by atoms with van der Waals surface area (Å²) in [6, 6.07) is 6.97. The average Bonchev–Trinajstić information content (AvgIpc) is 2.39. The lowest BCUT2D eigenvalue weighted by atomic mass is 9.92. The molecule has 0 radical (unpaired) electrons. The Morgan fingerprint density at radius 3 is 2.30 bits per heavy atom. The third-order valence-corrected chi connectivity index (χ3v) is 5.24. The number of benzene rings is 1. The lowest BCUT2D eigenvalue weighted by Gasteiger charge is -2.35. The number of likely N-dealkylation sites (N-methyl/N-ethyl adjacent to an activating group) is 1. The van der Waals surface area contributed by atoms with Crippen molar-refractivity contribution < 1.29 is 12.6 Å². The average molecular weight is 297 g/mol. The van der Waals surface area contributed by atoms with Crippen molar-refractivity contribution in [2.45, 2.75) is 49.6 Å². The maximum Gasteiger partial charge on any atom is 0.297 e. The van der Waals surface area contributed by atoms with Crippen LogP contribution < -0.4 is 0 Å². The fraction of sp³-hybridized carbons (Fsp3) is 0.600. The Morgan fingerprint density at radius 2 is 1.70 bits per heavy atom. The van der Waals surface area contributed by atoms with Crippen molar-refractivity contribution in [3.63, 3.8) is 0 Å². The molecule has 1 fully saturated rings. The van der Waals surface area contributed by atoms with Crippen LogP contribution in [0.5, 0.6) is 0 Å². The van der Waals surface area contributed by atoms with Crippen LogP contribution >= 0.6 is 0 Å². The summed E-state index contributed by atoms with van der Waals surface area (Å²) in [5, 5.41) is 0. The largest absolute Gasteiger partial charge is 0.304 e. The highest BCUT2D eigenvalue weighted by Crippen LogP contribution is 2.27. The number of hydrogen-bond acceptors (Lipinski definition) is 4. The maximum absolute atomic E-state index is 12.3. The van der Waals surface area contributed by atoms with E-state index >= 15 is 0 Å². The van der Waals surface area contributed by atoms with Gasteiger partial charge in [0.15, 0.2) is 0 Å². The Bertz CT molecular complexity index is 537. The molecular weight excluding hydrogens is 274 g/mol. The fourth-order valence-corrected chi connectivity index (χ4v) is 3.83. The Morgan fingerprint density at radius 1 is 1.10 bits per heavy atom.